The maximum absolute atomic E-state index is 5.02. The molecule has 0 saturated heterocycles. The monoisotopic (exact) mass is 257 g/mol. The highest BCUT2D eigenvalue weighted by Gasteiger charge is 2.06. The second-order valence-corrected chi connectivity index (χ2v) is 5.15. The number of anilines is 1. The molecular weight excluding hydrogens is 234 g/mol. The molecule has 17 heavy (non-hydrogen) atoms. The summed E-state index contributed by atoms with van der Waals surface area (Å²) in [4.78, 5) is 4.33. The molecule has 0 aliphatic rings. The van der Waals surface area contributed by atoms with Gasteiger partial charge >= 0.3 is 0 Å². The highest BCUT2D eigenvalue weighted by atomic mass is 32.2. The molecule has 4 nitrogen and oxygen atoms in total. The standard InChI is InChI=1S/C12H23N3OS/c1-11(10-17-3)9-15-7-6-14-12(15)13-5-4-8-16-2/h6-7,11H,4-5,8-10H2,1-3H3,(H,13,14). The van der Waals surface area contributed by atoms with Crippen LogP contribution in [0.3, 0.4) is 0 Å². The zero-order valence-electron chi connectivity index (χ0n) is 11.0. The smallest absolute Gasteiger partial charge is 0.202 e. The minimum atomic E-state index is 0.665. The van der Waals surface area contributed by atoms with Crippen LogP contribution in [0.4, 0.5) is 5.95 Å². The highest BCUT2D eigenvalue weighted by Crippen LogP contribution is 2.11. The fourth-order valence-electron chi connectivity index (χ4n) is 1.71. The Morgan fingerprint density at radius 2 is 2.41 bits per heavy atom. The van der Waals surface area contributed by atoms with Gasteiger partial charge in [-0.25, -0.2) is 4.98 Å². The molecule has 0 aliphatic carbocycles. The molecule has 0 aliphatic heterocycles. The number of hydrogen-bond donors (Lipinski definition) is 1. The van der Waals surface area contributed by atoms with E-state index < -0.39 is 0 Å². The van der Waals surface area contributed by atoms with Gasteiger partial charge in [0.2, 0.25) is 5.95 Å². The van der Waals surface area contributed by atoms with Crippen LogP contribution in [0, 0.1) is 5.92 Å². The van der Waals surface area contributed by atoms with Crippen molar-refractivity contribution in [3.8, 4) is 0 Å². The predicted molar refractivity (Wildman–Crippen MR) is 74.8 cm³/mol. The lowest BCUT2D eigenvalue weighted by Gasteiger charge is -2.14. The van der Waals surface area contributed by atoms with Gasteiger partial charge in [0.1, 0.15) is 0 Å². The van der Waals surface area contributed by atoms with Gasteiger partial charge in [0.05, 0.1) is 0 Å². The van der Waals surface area contributed by atoms with Gasteiger partial charge in [-0.15, -0.1) is 0 Å². The van der Waals surface area contributed by atoms with E-state index in [1.165, 1.54) is 5.75 Å². The van der Waals surface area contributed by atoms with E-state index in [0.717, 1.165) is 32.1 Å². The molecule has 1 atom stereocenters. The van der Waals surface area contributed by atoms with Crippen LogP contribution in [0.1, 0.15) is 13.3 Å². The number of hydrogen-bond acceptors (Lipinski definition) is 4. The number of rotatable bonds is 9. The lowest BCUT2D eigenvalue weighted by molar-refractivity contribution is 0.197. The van der Waals surface area contributed by atoms with E-state index >= 15 is 0 Å². The first kappa shape index (κ1) is 14.4. The van der Waals surface area contributed by atoms with Crippen LogP contribution in [0.15, 0.2) is 12.4 Å². The Bertz CT molecular complexity index is 304. The zero-order chi connectivity index (χ0) is 12.5. The summed E-state index contributed by atoms with van der Waals surface area (Å²) < 4.78 is 7.21. The number of nitrogens with one attached hydrogen (secondary N) is 1. The first-order valence-electron chi connectivity index (χ1n) is 6.00. The van der Waals surface area contributed by atoms with Crippen molar-refractivity contribution in [3.63, 3.8) is 0 Å². The van der Waals surface area contributed by atoms with Crippen LogP contribution < -0.4 is 5.32 Å². The molecule has 0 amide bonds. The molecule has 5 heteroatoms. The number of methoxy groups -OCH3 is 1. The molecule has 0 aromatic carbocycles. The van der Waals surface area contributed by atoms with E-state index in [0.29, 0.717) is 5.92 Å². The normalized spacial score (nSPS) is 12.6. The fourth-order valence-corrected chi connectivity index (χ4v) is 2.39. The van der Waals surface area contributed by atoms with E-state index in [4.69, 9.17) is 4.74 Å². The molecule has 0 fully saturated rings. The van der Waals surface area contributed by atoms with Crippen molar-refractivity contribution >= 4 is 17.7 Å². The van der Waals surface area contributed by atoms with E-state index in [9.17, 15) is 0 Å². The van der Waals surface area contributed by atoms with E-state index in [2.05, 4.69) is 28.0 Å². The molecule has 1 unspecified atom stereocenters. The van der Waals surface area contributed by atoms with E-state index in [1.54, 1.807) is 7.11 Å². The maximum Gasteiger partial charge on any atom is 0.202 e. The zero-order valence-corrected chi connectivity index (χ0v) is 11.8. The molecule has 0 spiro atoms. The van der Waals surface area contributed by atoms with Crippen molar-refractivity contribution in [2.45, 2.75) is 19.9 Å². The topological polar surface area (TPSA) is 39.1 Å². The lowest BCUT2D eigenvalue weighted by Crippen LogP contribution is -2.14. The summed E-state index contributed by atoms with van der Waals surface area (Å²) >= 11 is 1.89. The number of thioether (sulfide) groups is 1. The third-order valence-electron chi connectivity index (χ3n) is 2.48. The lowest BCUT2D eigenvalue weighted by atomic mass is 10.2. The maximum atomic E-state index is 5.02. The molecule has 1 N–H and O–H groups in total. The van der Waals surface area contributed by atoms with Crippen LogP contribution >= 0.6 is 11.8 Å². The summed E-state index contributed by atoms with van der Waals surface area (Å²) in [6.07, 6.45) is 7.04. The van der Waals surface area contributed by atoms with Crippen LogP contribution in [0.5, 0.6) is 0 Å². The quantitative estimate of drug-likeness (QED) is 0.689. The van der Waals surface area contributed by atoms with Gasteiger partial charge in [-0.1, -0.05) is 6.92 Å². The van der Waals surface area contributed by atoms with Gasteiger partial charge < -0.3 is 14.6 Å². The van der Waals surface area contributed by atoms with Gasteiger partial charge in [-0.05, 0) is 24.3 Å². The van der Waals surface area contributed by atoms with Gasteiger partial charge in [0.25, 0.3) is 0 Å². The van der Waals surface area contributed by atoms with Crippen molar-refractivity contribution in [3.05, 3.63) is 12.4 Å². The predicted octanol–water partition coefficient (Wildman–Crippen LogP) is 2.33. The second-order valence-electron chi connectivity index (χ2n) is 4.24. The highest BCUT2D eigenvalue weighted by molar-refractivity contribution is 7.98. The van der Waals surface area contributed by atoms with Crippen LogP contribution in [-0.2, 0) is 11.3 Å². The van der Waals surface area contributed by atoms with Gasteiger partial charge in [-0.3, -0.25) is 0 Å². The Labute approximate surface area is 108 Å². The van der Waals surface area contributed by atoms with Crippen LogP contribution in [0.25, 0.3) is 0 Å². The van der Waals surface area contributed by atoms with Gasteiger partial charge in [0.15, 0.2) is 0 Å². The fraction of sp³-hybridized carbons (Fsp3) is 0.750. The molecule has 1 aromatic rings. The van der Waals surface area contributed by atoms with Gasteiger partial charge in [0, 0.05) is 39.2 Å². The molecular formula is C12H23N3OS. The summed E-state index contributed by atoms with van der Waals surface area (Å²) in [5, 5.41) is 3.34. The van der Waals surface area contributed by atoms with Gasteiger partial charge in [-0.2, -0.15) is 11.8 Å². The second kappa shape index (κ2) is 8.42. The Morgan fingerprint density at radius 3 is 3.12 bits per heavy atom. The van der Waals surface area contributed by atoms with Crippen LogP contribution in [0.2, 0.25) is 0 Å². The van der Waals surface area contributed by atoms with Crippen molar-refractivity contribution in [1.29, 1.82) is 0 Å². The largest absolute Gasteiger partial charge is 0.385 e. The molecule has 0 bridgehead atoms. The molecule has 0 saturated carbocycles. The molecule has 1 heterocycles. The Hall–Kier alpha value is -0.680. The average molecular weight is 257 g/mol. The molecule has 0 radical (unpaired) electrons. The van der Waals surface area contributed by atoms with E-state index in [1.807, 2.05) is 24.2 Å². The summed E-state index contributed by atoms with van der Waals surface area (Å²) in [6.45, 7) is 4.98. The Balaban J connectivity index is 2.37. The number of aromatic nitrogens is 2. The minimum absolute atomic E-state index is 0.665. The van der Waals surface area contributed by atoms with E-state index in [-0.39, 0.29) is 0 Å². The summed E-state index contributed by atoms with van der Waals surface area (Å²) in [5.41, 5.74) is 0. The summed E-state index contributed by atoms with van der Waals surface area (Å²) in [5.74, 6) is 2.81. The molecule has 1 rings (SSSR count). The summed E-state index contributed by atoms with van der Waals surface area (Å²) in [6, 6.07) is 0. The van der Waals surface area contributed by atoms with Crippen LogP contribution in [-0.4, -0.2) is 41.8 Å². The molecule has 1 aromatic heterocycles. The minimum Gasteiger partial charge on any atom is -0.385 e. The van der Waals surface area contributed by atoms with Crippen molar-refractivity contribution in [1.82, 2.24) is 9.55 Å². The van der Waals surface area contributed by atoms with Crippen molar-refractivity contribution < 1.29 is 4.74 Å². The summed E-state index contributed by atoms with van der Waals surface area (Å²) in [7, 11) is 1.73. The Morgan fingerprint density at radius 1 is 1.59 bits per heavy atom. The average Bonchev–Trinajstić information content (AvgIpc) is 2.72. The number of imidazole rings is 1. The van der Waals surface area contributed by atoms with Crippen molar-refractivity contribution in [2.24, 2.45) is 5.92 Å². The third-order valence-corrected chi connectivity index (χ3v) is 3.39. The SMILES string of the molecule is COCCCNc1nccn1CC(C)CSC. The number of nitrogens with zero attached hydrogens (tertiary/aromatic N) is 2. The Kier molecular flexibility index (Phi) is 7.12. The first-order valence-corrected chi connectivity index (χ1v) is 7.40. The molecule has 98 valence electrons. The third kappa shape index (κ3) is 5.46. The first-order chi connectivity index (χ1) is 8.27. The number of ether oxygens (including phenoxy) is 1. The van der Waals surface area contributed by atoms with Crippen molar-refractivity contribution in [2.75, 3.05) is 37.6 Å².